The summed E-state index contributed by atoms with van der Waals surface area (Å²) >= 11 is 6.02. The quantitative estimate of drug-likeness (QED) is 0.551. The maximum absolute atomic E-state index is 12.4. The highest BCUT2D eigenvalue weighted by molar-refractivity contribution is 6.30. The Labute approximate surface area is 189 Å². The Morgan fingerprint density at radius 3 is 2.71 bits per heavy atom. The second kappa shape index (κ2) is 11.3. The predicted molar refractivity (Wildman–Crippen MR) is 121 cm³/mol. The zero-order chi connectivity index (χ0) is 22.2. The molecule has 2 aromatic rings. The molecule has 1 heterocycles. The van der Waals surface area contributed by atoms with E-state index in [0.717, 1.165) is 36.8 Å². The summed E-state index contributed by atoms with van der Waals surface area (Å²) in [6, 6.07) is 15.2. The molecule has 0 bridgehead atoms. The minimum absolute atomic E-state index is 0.197. The van der Waals surface area contributed by atoms with Crippen LogP contribution in [0.15, 0.2) is 48.5 Å². The minimum atomic E-state index is -0.440. The fourth-order valence-electron chi connectivity index (χ4n) is 4.20. The molecule has 0 spiro atoms. The molecule has 1 aliphatic heterocycles. The maximum Gasteiger partial charge on any atom is 0.337 e. The van der Waals surface area contributed by atoms with Crippen LogP contribution in [0.5, 0.6) is 0 Å². The van der Waals surface area contributed by atoms with Gasteiger partial charge in [0.15, 0.2) is 0 Å². The van der Waals surface area contributed by atoms with Gasteiger partial charge in [0.05, 0.1) is 18.8 Å². The van der Waals surface area contributed by atoms with Gasteiger partial charge in [-0.05, 0) is 73.9 Å². The number of amides is 1. The van der Waals surface area contributed by atoms with E-state index >= 15 is 0 Å². The number of ether oxygens (including phenoxy) is 1. The highest BCUT2D eigenvalue weighted by atomic mass is 35.5. The molecule has 1 saturated heterocycles. The molecule has 5 nitrogen and oxygen atoms in total. The van der Waals surface area contributed by atoms with E-state index in [2.05, 4.69) is 0 Å². The van der Waals surface area contributed by atoms with Crippen molar-refractivity contribution >= 4 is 23.5 Å². The van der Waals surface area contributed by atoms with Gasteiger partial charge in [-0.25, -0.2) is 4.79 Å². The maximum atomic E-state index is 12.4. The third-order valence-corrected chi connectivity index (χ3v) is 6.12. The molecule has 0 aromatic heterocycles. The van der Waals surface area contributed by atoms with Crippen molar-refractivity contribution in [3.63, 3.8) is 0 Å². The molecule has 2 aromatic carbocycles. The standard InChI is InChI=1S/C25H30ClNO4/c1-31-25(30)20-9-7-18(8-10-20)5-3-15-27-22(12-14-24(27)29)11-13-23(28)17-19-4-2-6-21(26)16-19/h2,4,6-10,16,22-23,28H,3,5,11-15,17H2,1H3. The molecule has 2 atom stereocenters. The molecule has 1 amide bonds. The monoisotopic (exact) mass is 443 g/mol. The Kier molecular flexibility index (Phi) is 8.50. The molecule has 0 radical (unpaired) electrons. The second-order valence-corrected chi connectivity index (χ2v) is 8.57. The number of benzene rings is 2. The van der Waals surface area contributed by atoms with Crippen molar-refractivity contribution in [2.75, 3.05) is 13.7 Å². The summed E-state index contributed by atoms with van der Waals surface area (Å²) in [6.07, 6.45) is 4.75. The van der Waals surface area contributed by atoms with Crippen LogP contribution in [0.2, 0.25) is 5.02 Å². The van der Waals surface area contributed by atoms with Crippen molar-refractivity contribution < 1.29 is 19.4 Å². The van der Waals surface area contributed by atoms with Crippen LogP contribution in [0.4, 0.5) is 0 Å². The Morgan fingerprint density at radius 2 is 2.00 bits per heavy atom. The Balaban J connectivity index is 1.44. The predicted octanol–water partition coefficient (Wildman–Crippen LogP) is 4.43. The highest BCUT2D eigenvalue weighted by Crippen LogP contribution is 2.25. The number of rotatable bonds is 10. The Bertz CT molecular complexity index is 883. The molecule has 166 valence electrons. The number of aliphatic hydroxyl groups excluding tert-OH is 1. The average molecular weight is 444 g/mol. The van der Waals surface area contributed by atoms with E-state index in [4.69, 9.17) is 16.3 Å². The second-order valence-electron chi connectivity index (χ2n) is 8.14. The third kappa shape index (κ3) is 6.81. The fraction of sp³-hybridized carbons (Fsp3) is 0.440. The molecule has 3 rings (SSSR count). The first kappa shape index (κ1) is 23.3. The lowest BCUT2D eigenvalue weighted by Crippen LogP contribution is -2.34. The van der Waals surface area contributed by atoms with Gasteiger partial charge in [0.25, 0.3) is 0 Å². The highest BCUT2D eigenvalue weighted by Gasteiger charge is 2.30. The molecule has 2 unspecified atom stereocenters. The van der Waals surface area contributed by atoms with Crippen LogP contribution in [-0.4, -0.2) is 47.7 Å². The van der Waals surface area contributed by atoms with Gasteiger partial charge in [0, 0.05) is 24.0 Å². The molecule has 1 aliphatic rings. The van der Waals surface area contributed by atoms with E-state index in [1.165, 1.54) is 7.11 Å². The van der Waals surface area contributed by atoms with Crippen LogP contribution in [-0.2, 0) is 22.4 Å². The Hall–Kier alpha value is -2.37. The van der Waals surface area contributed by atoms with E-state index in [1.54, 1.807) is 12.1 Å². The summed E-state index contributed by atoms with van der Waals surface area (Å²) in [7, 11) is 1.37. The number of methoxy groups -OCH3 is 1. The van der Waals surface area contributed by atoms with Crippen molar-refractivity contribution in [3.8, 4) is 0 Å². The summed E-state index contributed by atoms with van der Waals surface area (Å²) in [5.41, 5.74) is 2.70. The van der Waals surface area contributed by atoms with Gasteiger partial charge in [-0.2, -0.15) is 0 Å². The van der Waals surface area contributed by atoms with Gasteiger partial charge < -0.3 is 14.7 Å². The van der Waals surface area contributed by atoms with Crippen LogP contribution >= 0.6 is 11.6 Å². The van der Waals surface area contributed by atoms with Gasteiger partial charge in [-0.3, -0.25) is 4.79 Å². The van der Waals surface area contributed by atoms with Crippen LogP contribution in [0.1, 0.15) is 53.6 Å². The number of aryl methyl sites for hydroxylation is 1. The third-order valence-electron chi connectivity index (χ3n) is 5.89. The van der Waals surface area contributed by atoms with E-state index in [1.807, 2.05) is 41.3 Å². The zero-order valence-electron chi connectivity index (χ0n) is 17.9. The van der Waals surface area contributed by atoms with Crippen molar-refractivity contribution in [1.82, 2.24) is 4.90 Å². The van der Waals surface area contributed by atoms with Crippen LogP contribution in [0, 0.1) is 0 Å². The summed E-state index contributed by atoms with van der Waals surface area (Å²) in [5, 5.41) is 11.1. The smallest absolute Gasteiger partial charge is 0.337 e. The van der Waals surface area contributed by atoms with Crippen LogP contribution < -0.4 is 0 Å². The number of halogens is 1. The van der Waals surface area contributed by atoms with Crippen molar-refractivity contribution in [2.24, 2.45) is 0 Å². The lowest BCUT2D eigenvalue weighted by Gasteiger charge is -2.26. The molecule has 1 fully saturated rings. The van der Waals surface area contributed by atoms with E-state index in [9.17, 15) is 14.7 Å². The number of aliphatic hydroxyl groups is 1. The molecule has 6 heteroatoms. The fourth-order valence-corrected chi connectivity index (χ4v) is 4.42. The molecular weight excluding hydrogens is 414 g/mol. The summed E-state index contributed by atoms with van der Waals surface area (Å²) in [4.78, 5) is 25.9. The lowest BCUT2D eigenvalue weighted by molar-refractivity contribution is -0.129. The summed E-state index contributed by atoms with van der Waals surface area (Å²) in [5.74, 6) is -0.134. The molecule has 31 heavy (non-hydrogen) atoms. The number of hydrogen-bond acceptors (Lipinski definition) is 4. The summed E-state index contributed by atoms with van der Waals surface area (Å²) in [6.45, 7) is 0.715. The molecule has 0 saturated carbocycles. The van der Waals surface area contributed by atoms with E-state index in [0.29, 0.717) is 36.4 Å². The molecule has 0 aliphatic carbocycles. The van der Waals surface area contributed by atoms with Gasteiger partial charge in [0.2, 0.25) is 5.91 Å². The lowest BCUT2D eigenvalue weighted by atomic mass is 10.0. The van der Waals surface area contributed by atoms with E-state index in [-0.39, 0.29) is 17.9 Å². The van der Waals surface area contributed by atoms with Crippen molar-refractivity contribution in [3.05, 3.63) is 70.2 Å². The first-order valence-electron chi connectivity index (χ1n) is 10.9. The largest absolute Gasteiger partial charge is 0.465 e. The molecule has 1 N–H and O–H groups in total. The summed E-state index contributed by atoms with van der Waals surface area (Å²) < 4.78 is 4.72. The van der Waals surface area contributed by atoms with Crippen LogP contribution in [0.3, 0.4) is 0 Å². The SMILES string of the molecule is COC(=O)c1ccc(CCCN2C(=O)CCC2CCC(O)Cc2cccc(Cl)c2)cc1. The van der Waals surface area contributed by atoms with Gasteiger partial charge in [0.1, 0.15) is 0 Å². The zero-order valence-corrected chi connectivity index (χ0v) is 18.7. The Morgan fingerprint density at radius 1 is 1.23 bits per heavy atom. The topological polar surface area (TPSA) is 66.8 Å². The van der Waals surface area contributed by atoms with Crippen molar-refractivity contribution in [2.45, 2.75) is 57.1 Å². The average Bonchev–Trinajstić information content (AvgIpc) is 3.11. The minimum Gasteiger partial charge on any atom is -0.465 e. The molecular formula is C25H30ClNO4. The number of carbonyl (C=O) groups excluding carboxylic acids is 2. The van der Waals surface area contributed by atoms with E-state index < -0.39 is 6.10 Å². The number of nitrogens with zero attached hydrogens (tertiary/aromatic N) is 1. The van der Waals surface area contributed by atoms with Gasteiger partial charge in [-0.15, -0.1) is 0 Å². The van der Waals surface area contributed by atoms with Gasteiger partial charge in [-0.1, -0.05) is 35.9 Å². The number of carbonyl (C=O) groups is 2. The first-order valence-corrected chi connectivity index (χ1v) is 11.2. The first-order chi connectivity index (χ1) is 15.0. The van der Waals surface area contributed by atoms with Crippen LogP contribution in [0.25, 0.3) is 0 Å². The normalized spacial score (nSPS) is 17.1. The number of hydrogen-bond donors (Lipinski definition) is 1. The number of likely N-dealkylation sites (tertiary alicyclic amines) is 1. The number of esters is 1. The van der Waals surface area contributed by atoms with Gasteiger partial charge >= 0.3 is 5.97 Å². The van der Waals surface area contributed by atoms with Crippen molar-refractivity contribution in [1.29, 1.82) is 0 Å².